The van der Waals surface area contributed by atoms with Crippen molar-refractivity contribution in [2.75, 3.05) is 6.54 Å². The second-order valence-corrected chi connectivity index (χ2v) is 4.84. The van der Waals surface area contributed by atoms with Crippen molar-refractivity contribution in [1.82, 2.24) is 5.32 Å². The largest absolute Gasteiger partial charge is 0.508 e. The minimum absolute atomic E-state index is 0.154. The van der Waals surface area contributed by atoms with Gasteiger partial charge in [-0.3, -0.25) is 0 Å². The van der Waals surface area contributed by atoms with Crippen molar-refractivity contribution in [1.29, 1.82) is 0 Å². The van der Waals surface area contributed by atoms with E-state index in [0.717, 1.165) is 18.9 Å². The van der Waals surface area contributed by atoms with E-state index in [4.69, 9.17) is 0 Å². The summed E-state index contributed by atoms with van der Waals surface area (Å²) in [5, 5.41) is 12.7. The fourth-order valence-electron chi connectivity index (χ4n) is 1.72. The van der Waals surface area contributed by atoms with E-state index >= 15 is 0 Å². The van der Waals surface area contributed by atoms with Crippen LogP contribution < -0.4 is 5.32 Å². The maximum Gasteiger partial charge on any atom is 0.123 e. The highest BCUT2D eigenvalue weighted by atomic mass is 19.1. The topological polar surface area (TPSA) is 32.3 Å². The Hall–Kier alpha value is -1.09. The van der Waals surface area contributed by atoms with Gasteiger partial charge in [0, 0.05) is 12.1 Å². The van der Waals surface area contributed by atoms with Gasteiger partial charge in [0.2, 0.25) is 0 Å². The lowest BCUT2D eigenvalue weighted by Crippen LogP contribution is -2.15. The van der Waals surface area contributed by atoms with Gasteiger partial charge in [0.15, 0.2) is 0 Å². The first kappa shape index (κ1) is 14.0. The summed E-state index contributed by atoms with van der Waals surface area (Å²) < 4.78 is 12.9. The van der Waals surface area contributed by atoms with Gasteiger partial charge in [0.25, 0.3) is 0 Å². The molecule has 0 atom stereocenters. The number of rotatable bonds is 7. The molecule has 0 heterocycles. The molecular formula is C14H22FNO. The maximum absolute atomic E-state index is 12.9. The van der Waals surface area contributed by atoms with Gasteiger partial charge in [-0.25, -0.2) is 4.39 Å². The second kappa shape index (κ2) is 7.28. The van der Waals surface area contributed by atoms with Crippen LogP contribution in [0.1, 0.15) is 38.7 Å². The van der Waals surface area contributed by atoms with Crippen molar-refractivity contribution in [3.8, 4) is 5.75 Å². The molecule has 0 aromatic heterocycles. The maximum atomic E-state index is 12.9. The van der Waals surface area contributed by atoms with Crippen LogP contribution >= 0.6 is 0 Å². The molecule has 1 rings (SSSR count). The lowest BCUT2D eigenvalue weighted by Gasteiger charge is -2.08. The molecule has 2 N–H and O–H groups in total. The quantitative estimate of drug-likeness (QED) is 0.714. The molecule has 0 spiro atoms. The molecule has 2 nitrogen and oxygen atoms in total. The number of hydrogen-bond acceptors (Lipinski definition) is 2. The van der Waals surface area contributed by atoms with E-state index in [2.05, 4.69) is 19.2 Å². The summed E-state index contributed by atoms with van der Waals surface area (Å²) in [6, 6.07) is 4.03. The molecule has 1 aromatic rings. The van der Waals surface area contributed by atoms with Gasteiger partial charge < -0.3 is 10.4 Å². The van der Waals surface area contributed by atoms with Crippen LogP contribution in [0.5, 0.6) is 5.75 Å². The molecule has 0 bridgehead atoms. The van der Waals surface area contributed by atoms with Crippen molar-refractivity contribution >= 4 is 0 Å². The minimum atomic E-state index is -0.306. The van der Waals surface area contributed by atoms with Gasteiger partial charge in [-0.1, -0.05) is 26.7 Å². The predicted molar refractivity (Wildman–Crippen MR) is 68.5 cm³/mol. The van der Waals surface area contributed by atoms with Crippen molar-refractivity contribution in [3.05, 3.63) is 29.6 Å². The van der Waals surface area contributed by atoms with E-state index in [9.17, 15) is 9.50 Å². The zero-order chi connectivity index (χ0) is 12.7. The van der Waals surface area contributed by atoms with Crippen LogP contribution in [0.3, 0.4) is 0 Å². The smallest absolute Gasteiger partial charge is 0.123 e. The zero-order valence-electron chi connectivity index (χ0n) is 10.7. The third kappa shape index (κ3) is 5.68. The zero-order valence-corrected chi connectivity index (χ0v) is 10.7. The minimum Gasteiger partial charge on any atom is -0.508 e. The van der Waals surface area contributed by atoms with Crippen molar-refractivity contribution < 1.29 is 9.50 Å². The Morgan fingerprint density at radius 2 is 2.06 bits per heavy atom. The van der Waals surface area contributed by atoms with Crippen molar-refractivity contribution in [3.63, 3.8) is 0 Å². The Bertz CT molecular complexity index is 339. The SMILES string of the molecule is CC(C)CCCCNCc1cc(F)ccc1O. The highest BCUT2D eigenvalue weighted by Gasteiger charge is 2.02. The highest BCUT2D eigenvalue weighted by Crippen LogP contribution is 2.17. The Morgan fingerprint density at radius 3 is 2.76 bits per heavy atom. The van der Waals surface area contributed by atoms with Crippen LogP contribution in [0, 0.1) is 11.7 Å². The molecular weight excluding hydrogens is 217 g/mol. The predicted octanol–water partition coefficient (Wildman–Crippen LogP) is 3.45. The summed E-state index contributed by atoms with van der Waals surface area (Å²) in [5.41, 5.74) is 0.619. The summed E-state index contributed by atoms with van der Waals surface area (Å²) in [6.07, 6.45) is 3.57. The summed E-state index contributed by atoms with van der Waals surface area (Å²) in [7, 11) is 0. The molecule has 0 fully saturated rings. The van der Waals surface area contributed by atoms with Crippen LogP contribution in [-0.2, 0) is 6.54 Å². The number of nitrogens with one attached hydrogen (secondary N) is 1. The first-order valence-electron chi connectivity index (χ1n) is 6.27. The molecule has 0 saturated carbocycles. The monoisotopic (exact) mass is 239 g/mol. The number of benzene rings is 1. The first-order valence-corrected chi connectivity index (χ1v) is 6.27. The van der Waals surface area contributed by atoms with Crippen LogP contribution in [0.2, 0.25) is 0 Å². The summed E-state index contributed by atoms with van der Waals surface area (Å²) in [4.78, 5) is 0. The van der Waals surface area contributed by atoms with Gasteiger partial charge in [-0.2, -0.15) is 0 Å². The average molecular weight is 239 g/mol. The highest BCUT2D eigenvalue weighted by molar-refractivity contribution is 5.32. The first-order chi connectivity index (χ1) is 8.09. The summed E-state index contributed by atoms with van der Waals surface area (Å²) in [5.74, 6) is 0.600. The molecule has 96 valence electrons. The number of halogens is 1. The Morgan fingerprint density at radius 1 is 1.29 bits per heavy atom. The molecule has 0 aliphatic rings. The number of phenols is 1. The summed E-state index contributed by atoms with van der Waals surface area (Å²) >= 11 is 0. The van der Waals surface area contributed by atoms with E-state index in [1.54, 1.807) is 0 Å². The number of hydrogen-bond donors (Lipinski definition) is 2. The lowest BCUT2D eigenvalue weighted by atomic mass is 10.1. The molecule has 0 unspecified atom stereocenters. The van der Waals surface area contributed by atoms with Gasteiger partial charge in [0.1, 0.15) is 11.6 Å². The van der Waals surface area contributed by atoms with E-state index in [0.29, 0.717) is 12.1 Å². The third-order valence-corrected chi connectivity index (χ3v) is 2.74. The Balaban J connectivity index is 2.20. The van der Waals surface area contributed by atoms with Crippen LogP contribution in [0.25, 0.3) is 0 Å². The Labute approximate surface area is 103 Å². The van der Waals surface area contributed by atoms with Gasteiger partial charge >= 0.3 is 0 Å². The fraction of sp³-hybridized carbons (Fsp3) is 0.571. The van der Waals surface area contributed by atoms with E-state index in [1.165, 1.54) is 31.0 Å². The fourth-order valence-corrected chi connectivity index (χ4v) is 1.72. The van der Waals surface area contributed by atoms with Crippen LogP contribution in [0.4, 0.5) is 4.39 Å². The van der Waals surface area contributed by atoms with Gasteiger partial charge in [-0.15, -0.1) is 0 Å². The second-order valence-electron chi connectivity index (χ2n) is 4.84. The van der Waals surface area contributed by atoms with Crippen molar-refractivity contribution in [2.24, 2.45) is 5.92 Å². The number of unbranched alkanes of at least 4 members (excludes halogenated alkanes) is 1. The Kier molecular flexibility index (Phi) is 5.98. The molecule has 0 radical (unpaired) electrons. The van der Waals surface area contributed by atoms with Gasteiger partial charge in [0.05, 0.1) is 0 Å². The van der Waals surface area contributed by atoms with Crippen LogP contribution in [0.15, 0.2) is 18.2 Å². The molecule has 3 heteroatoms. The lowest BCUT2D eigenvalue weighted by molar-refractivity contribution is 0.460. The molecule has 1 aromatic carbocycles. The molecule has 0 aliphatic heterocycles. The van der Waals surface area contributed by atoms with Crippen LogP contribution in [-0.4, -0.2) is 11.7 Å². The molecule has 0 saturated heterocycles. The molecule has 17 heavy (non-hydrogen) atoms. The van der Waals surface area contributed by atoms with Crippen molar-refractivity contribution in [2.45, 2.75) is 39.7 Å². The van der Waals surface area contributed by atoms with Gasteiger partial charge in [-0.05, 0) is 37.1 Å². The van der Waals surface area contributed by atoms with E-state index in [1.807, 2.05) is 0 Å². The molecule has 0 aliphatic carbocycles. The number of aromatic hydroxyl groups is 1. The van der Waals surface area contributed by atoms with E-state index < -0.39 is 0 Å². The molecule has 0 amide bonds. The third-order valence-electron chi connectivity index (χ3n) is 2.74. The van der Waals surface area contributed by atoms with E-state index in [-0.39, 0.29) is 11.6 Å². The standard InChI is InChI=1S/C14H22FNO/c1-11(2)5-3-4-8-16-10-12-9-13(15)6-7-14(12)17/h6-7,9,11,16-17H,3-5,8,10H2,1-2H3. The average Bonchev–Trinajstić information content (AvgIpc) is 2.27. The summed E-state index contributed by atoms with van der Waals surface area (Å²) in [6.45, 7) is 5.87. The normalized spacial score (nSPS) is 11.1. The number of phenolic OH excluding ortho intramolecular Hbond substituents is 1.